The Morgan fingerprint density at radius 2 is 1.23 bits per heavy atom. The Balaban J connectivity index is 1.62. The van der Waals surface area contributed by atoms with Crippen molar-refractivity contribution in [2.24, 2.45) is 0 Å². The van der Waals surface area contributed by atoms with E-state index in [0.29, 0.717) is 23.4 Å². The van der Waals surface area contributed by atoms with Crippen LogP contribution in [0.25, 0.3) is 0 Å². The Bertz CT molecular complexity index is 947. The molecule has 3 aromatic rings. The van der Waals surface area contributed by atoms with Crippen molar-refractivity contribution in [3.63, 3.8) is 0 Å². The molecule has 2 atom stereocenters. The van der Waals surface area contributed by atoms with Crippen molar-refractivity contribution in [1.82, 2.24) is 0 Å². The summed E-state index contributed by atoms with van der Waals surface area (Å²) in [6.07, 6.45) is -0.940. The quantitative estimate of drug-likeness (QED) is 0.424. The molecule has 5 heteroatoms. The Morgan fingerprint density at radius 1 is 0.742 bits per heavy atom. The van der Waals surface area contributed by atoms with Gasteiger partial charge >= 0.3 is 12.1 Å². The maximum Gasteiger partial charge on any atom is 0.419 e. The van der Waals surface area contributed by atoms with E-state index in [1.54, 1.807) is 26.0 Å². The minimum absolute atomic E-state index is 0.388. The lowest BCUT2D eigenvalue weighted by Gasteiger charge is -2.25. The number of aryl methyl sites for hydroxylation is 1. The van der Waals surface area contributed by atoms with Gasteiger partial charge in [0, 0.05) is 6.42 Å². The first-order valence-electron chi connectivity index (χ1n) is 10.3. The van der Waals surface area contributed by atoms with Crippen LogP contribution in [0.3, 0.4) is 0 Å². The Labute approximate surface area is 183 Å². The predicted octanol–water partition coefficient (Wildman–Crippen LogP) is 6.29. The van der Waals surface area contributed by atoms with Crippen LogP contribution < -0.4 is 4.90 Å². The molecule has 2 unspecified atom stereocenters. The van der Waals surface area contributed by atoms with Crippen molar-refractivity contribution in [2.45, 2.75) is 39.4 Å². The highest BCUT2D eigenvalue weighted by Crippen LogP contribution is 2.26. The molecule has 0 saturated heterocycles. The minimum Gasteiger partial charge on any atom is -0.459 e. The SMILES string of the molecule is Cc1ccc(C(=O)OC(C)CC(C)OC(=O)N(c2ccccc2)c2ccccc2)cc1. The van der Waals surface area contributed by atoms with Gasteiger partial charge in [-0.2, -0.15) is 0 Å². The summed E-state index contributed by atoms with van der Waals surface area (Å²) >= 11 is 0. The third-order valence-corrected chi connectivity index (χ3v) is 4.77. The molecular formula is C26H27NO4. The summed E-state index contributed by atoms with van der Waals surface area (Å²) in [5.41, 5.74) is 3.00. The highest BCUT2D eigenvalue weighted by atomic mass is 16.6. The third kappa shape index (κ3) is 6.19. The van der Waals surface area contributed by atoms with Gasteiger partial charge in [-0.15, -0.1) is 0 Å². The molecule has 31 heavy (non-hydrogen) atoms. The van der Waals surface area contributed by atoms with Crippen LogP contribution in [0.15, 0.2) is 84.9 Å². The molecule has 3 aromatic carbocycles. The molecule has 0 heterocycles. The fourth-order valence-electron chi connectivity index (χ4n) is 3.24. The normalized spacial score (nSPS) is 12.5. The van der Waals surface area contributed by atoms with Crippen molar-refractivity contribution >= 4 is 23.4 Å². The first-order chi connectivity index (χ1) is 14.9. The van der Waals surface area contributed by atoms with E-state index in [1.165, 1.54) is 4.90 Å². The van der Waals surface area contributed by atoms with Gasteiger partial charge in [0.05, 0.1) is 16.9 Å². The number of para-hydroxylation sites is 2. The number of anilines is 2. The van der Waals surface area contributed by atoms with Crippen molar-refractivity contribution in [3.05, 3.63) is 96.1 Å². The summed E-state index contributed by atoms with van der Waals surface area (Å²) in [5, 5.41) is 0. The van der Waals surface area contributed by atoms with Crippen molar-refractivity contribution in [1.29, 1.82) is 0 Å². The number of benzene rings is 3. The van der Waals surface area contributed by atoms with Gasteiger partial charge in [-0.3, -0.25) is 0 Å². The number of ether oxygens (including phenoxy) is 2. The van der Waals surface area contributed by atoms with Crippen LogP contribution in [0.4, 0.5) is 16.2 Å². The molecule has 0 aliphatic rings. The van der Waals surface area contributed by atoms with Gasteiger partial charge in [0.1, 0.15) is 12.2 Å². The molecule has 0 aromatic heterocycles. The average Bonchev–Trinajstić information content (AvgIpc) is 2.75. The number of hydrogen-bond acceptors (Lipinski definition) is 4. The molecule has 0 aliphatic carbocycles. The zero-order chi connectivity index (χ0) is 22.2. The number of nitrogens with zero attached hydrogens (tertiary/aromatic N) is 1. The minimum atomic E-state index is -0.484. The van der Waals surface area contributed by atoms with Gasteiger partial charge in [0.2, 0.25) is 0 Å². The molecule has 0 saturated carbocycles. The van der Waals surface area contributed by atoms with Gasteiger partial charge in [0.15, 0.2) is 0 Å². The summed E-state index contributed by atoms with van der Waals surface area (Å²) in [6, 6.07) is 25.9. The highest BCUT2D eigenvalue weighted by Gasteiger charge is 2.23. The number of amides is 1. The fraction of sp³-hybridized carbons (Fsp3) is 0.231. The molecule has 160 valence electrons. The Hall–Kier alpha value is -3.60. The number of carbonyl (C=O) groups is 2. The van der Waals surface area contributed by atoms with E-state index in [4.69, 9.17) is 9.47 Å². The number of esters is 1. The van der Waals surface area contributed by atoms with E-state index in [2.05, 4.69) is 0 Å². The summed E-state index contributed by atoms with van der Waals surface area (Å²) in [5.74, 6) is -0.388. The largest absolute Gasteiger partial charge is 0.459 e. The Morgan fingerprint density at radius 3 is 1.74 bits per heavy atom. The zero-order valence-electron chi connectivity index (χ0n) is 18.0. The van der Waals surface area contributed by atoms with Gasteiger partial charge < -0.3 is 9.47 Å². The maximum absolute atomic E-state index is 13.0. The van der Waals surface area contributed by atoms with Crippen LogP contribution in [-0.4, -0.2) is 24.3 Å². The van der Waals surface area contributed by atoms with E-state index in [9.17, 15) is 9.59 Å². The smallest absolute Gasteiger partial charge is 0.419 e. The van der Waals surface area contributed by atoms with Gasteiger partial charge in [-0.25, -0.2) is 14.5 Å². The van der Waals surface area contributed by atoms with E-state index in [-0.39, 0.29) is 5.97 Å². The summed E-state index contributed by atoms with van der Waals surface area (Å²) in [7, 11) is 0. The molecule has 0 spiro atoms. The molecule has 0 N–H and O–H groups in total. The first kappa shape index (κ1) is 22.1. The lowest BCUT2D eigenvalue weighted by molar-refractivity contribution is 0.0197. The molecule has 0 aliphatic heterocycles. The van der Waals surface area contributed by atoms with Crippen LogP contribution in [0.5, 0.6) is 0 Å². The summed E-state index contributed by atoms with van der Waals surface area (Å²) in [4.78, 5) is 26.8. The topological polar surface area (TPSA) is 55.8 Å². The lowest BCUT2D eigenvalue weighted by Crippen LogP contribution is -2.31. The van der Waals surface area contributed by atoms with Crippen LogP contribution >= 0.6 is 0 Å². The fourth-order valence-corrected chi connectivity index (χ4v) is 3.24. The maximum atomic E-state index is 13.0. The Kier molecular flexibility index (Phi) is 7.44. The monoisotopic (exact) mass is 417 g/mol. The number of rotatable bonds is 7. The second-order valence-corrected chi connectivity index (χ2v) is 7.52. The third-order valence-electron chi connectivity index (χ3n) is 4.77. The predicted molar refractivity (Wildman–Crippen MR) is 122 cm³/mol. The van der Waals surface area contributed by atoms with E-state index >= 15 is 0 Å². The molecule has 0 radical (unpaired) electrons. The summed E-state index contributed by atoms with van der Waals surface area (Å²) < 4.78 is 11.2. The van der Waals surface area contributed by atoms with Crippen LogP contribution in [0.2, 0.25) is 0 Å². The summed E-state index contributed by atoms with van der Waals surface area (Å²) in [6.45, 7) is 5.55. The van der Waals surface area contributed by atoms with Crippen LogP contribution in [0, 0.1) is 6.92 Å². The standard InChI is InChI=1S/C26H27NO4/c1-19-14-16-22(17-15-19)25(28)30-20(2)18-21(3)31-26(29)27(23-10-6-4-7-11-23)24-12-8-5-9-13-24/h4-17,20-21H,18H2,1-3H3. The van der Waals surface area contributed by atoms with Crippen molar-refractivity contribution in [2.75, 3.05) is 4.90 Å². The second kappa shape index (κ2) is 10.4. The van der Waals surface area contributed by atoms with Crippen LogP contribution in [0.1, 0.15) is 36.2 Å². The van der Waals surface area contributed by atoms with Gasteiger partial charge in [0.25, 0.3) is 0 Å². The van der Waals surface area contributed by atoms with E-state index < -0.39 is 18.3 Å². The second-order valence-electron chi connectivity index (χ2n) is 7.52. The molecule has 0 bridgehead atoms. The van der Waals surface area contributed by atoms with E-state index in [1.807, 2.05) is 79.7 Å². The van der Waals surface area contributed by atoms with E-state index in [0.717, 1.165) is 5.56 Å². The van der Waals surface area contributed by atoms with Crippen LogP contribution in [-0.2, 0) is 9.47 Å². The zero-order valence-corrected chi connectivity index (χ0v) is 18.0. The number of hydrogen-bond donors (Lipinski definition) is 0. The van der Waals surface area contributed by atoms with Gasteiger partial charge in [-0.1, -0.05) is 54.1 Å². The molecule has 1 amide bonds. The van der Waals surface area contributed by atoms with Crippen molar-refractivity contribution < 1.29 is 19.1 Å². The molecule has 3 rings (SSSR count). The lowest BCUT2D eigenvalue weighted by atomic mass is 10.1. The van der Waals surface area contributed by atoms with Crippen molar-refractivity contribution in [3.8, 4) is 0 Å². The number of carbonyl (C=O) groups excluding carboxylic acids is 2. The molecular weight excluding hydrogens is 390 g/mol. The average molecular weight is 418 g/mol. The highest BCUT2D eigenvalue weighted by molar-refractivity contribution is 5.96. The molecule has 0 fully saturated rings. The first-order valence-corrected chi connectivity index (χ1v) is 10.3. The van der Waals surface area contributed by atoms with Gasteiger partial charge in [-0.05, 0) is 57.2 Å². The molecule has 5 nitrogen and oxygen atoms in total.